The van der Waals surface area contributed by atoms with Gasteiger partial charge in [-0.05, 0) is 22.0 Å². The Bertz CT molecular complexity index is 346. The van der Waals surface area contributed by atoms with Gasteiger partial charge in [-0.1, -0.05) is 11.6 Å². The maximum atomic E-state index is 12.9. The quantitative estimate of drug-likeness (QED) is 0.650. The van der Waals surface area contributed by atoms with Crippen molar-refractivity contribution in [3.8, 4) is 6.07 Å². The lowest BCUT2D eigenvalue weighted by atomic mass is 10.2. The van der Waals surface area contributed by atoms with E-state index in [1.807, 2.05) is 0 Å². The normalized spacial score (nSPS) is 9.58. The first kappa shape index (κ1) is 9.43. The highest BCUT2D eigenvalue weighted by Crippen LogP contribution is 2.27. The molecule has 1 aromatic rings. The predicted octanol–water partition coefficient (Wildman–Crippen LogP) is 3.25. The van der Waals surface area contributed by atoms with Crippen LogP contribution in [0.3, 0.4) is 0 Å². The highest BCUT2D eigenvalue weighted by Gasteiger charge is 2.15. The molecular weight excluding hydrogens is 251 g/mol. The van der Waals surface area contributed by atoms with Gasteiger partial charge in [0.25, 0.3) is 0 Å². The molecule has 0 unspecified atom stereocenters. The summed E-state index contributed by atoms with van der Waals surface area (Å²) in [7, 11) is 0. The highest BCUT2D eigenvalue weighted by atomic mass is 79.9. The van der Waals surface area contributed by atoms with Gasteiger partial charge < -0.3 is 0 Å². The molecule has 0 atom stereocenters. The topological polar surface area (TPSA) is 23.8 Å². The van der Waals surface area contributed by atoms with E-state index in [0.717, 1.165) is 6.07 Å². The summed E-state index contributed by atoms with van der Waals surface area (Å²) in [5.74, 6) is -1.96. The molecular formula is C7HBrClF2N. The Hall–Kier alpha value is -0.660. The van der Waals surface area contributed by atoms with Gasteiger partial charge in [-0.3, -0.25) is 0 Å². The number of hydrogen-bond donors (Lipinski definition) is 0. The molecule has 0 aliphatic rings. The molecule has 0 radical (unpaired) electrons. The van der Waals surface area contributed by atoms with Crippen molar-refractivity contribution in [1.82, 2.24) is 0 Å². The monoisotopic (exact) mass is 251 g/mol. The molecule has 0 spiro atoms. The summed E-state index contributed by atoms with van der Waals surface area (Å²) in [4.78, 5) is 0. The number of hydrogen-bond acceptors (Lipinski definition) is 1. The predicted molar refractivity (Wildman–Crippen MR) is 43.8 cm³/mol. The molecule has 0 N–H and O–H groups in total. The van der Waals surface area contributed by atoms with E-state index >= 15 is 0 Å². The molecule has 1 aromatic carbocycles. The van der Waals surface area contributed by atoms with E-state index in [-0.39, 0.29) is 9.50 Å². The number of rotatable bonds is 0. The van der Waals surface area contributed by atoms with E-state index in [2.05, 4.69) is 15.9 Å². The van der Waals surface area contributed by atoms with Crippen molar-refractivity contribution in [3.63, 3.8) is 0 Å². The fraction of sp³-hybridized carbons (Fsp3) is 0. The molecule has 1 rings (SSSR count). The maximum absolute atomic E-state index is 12.9. The van der Waals surface area contributed by atoms with Crippen LogP contribution in [0.15, 0.2) is 10.5 Å². The number of nitriles is 1. The lowest BCUT2D eigenvalue weighted by Gasteiger charge is -2.00. The third-order valence-corrected chi connectivity index (χ3v) is 2.08. The average molecular weight is 252 g/mol. The van der Waals surface area contributed by atoms with Crippen LogP contribution in [0.4, 0.5) is 8.78 Å². The summed E-state index contributed by atoms with van der Waals surface area (Å²) >= 11 is 8.14. The Morgan fingerprint density at radius 2 is 2.00 bits per heavy atom. The van der Waals surface area contributed by atoms with Gasteiger partial charge in [-0.15, -0.1) is 0 Å². The zero-order valence-electron chi connectivity index (χ0n) is 5.54. The Kier molecular flexibility index (Phi) is 2.65. The van der Waals surface area contributed by atoms with Gasteiger partial charge >= 0.3 is 0 Å². The molecule has 0 heterocycles. The number of halogens is 4. The molecule has 0 aromatic heterocycles. The molecule has 0 aliphatic heterocycles. The third kappa shape index (κ3) is 1.43. The van der Waals surface area contributed by atoms with Crippen LogP contribution in [0.2, 0.25) is 5.02 Å². The van der Waals surface area contributed by atoms with Crippen LogP contribution in [-0.4, -0.2) is 0 Å². The van der Waals surface area contributed by atoms with Gasteiger partial charge in [0.15, 0.2) is 11.6 Å². The third-order valence-electron chi connectivity index (χ3n) is 1.22. The van der Waals surface area contributed by atoms with Crippen LogP contribution >= 0.6 is 27.5 Å². The maximum Gasteiger partial charge on any atom is 0.162 e. The summed E-state index contributed by atoms with van der Waals surface area (Å²) in [5.41, 5.74) is -0.672. The molecule has 0 saturated carbocycles. The highest BCUT2D eigenvalue weighted by molar-refractivity contribution is 9.10. The van der Waals surface area contributed by atoms with Crippen LogP contribution in [-0.2, 0) is 0 Å². The average Bonchev–Trinajstić information content (AvgIpc) is 2.02. The summed E-state index contributed by atoms with van der Waals surface area (Å²) in [5, 5.41) is 8.06. The van der Waals surface area contributed by atoms with Gasteiger partial charge in [0, 0.05) is 0 Å². The van der Waals surface area contributed by atoms with Gasteiger partial charge in [-0.25, -0.2) is 8.78 Å². The minimum Gasteiger partial charge on any atom is -0.204 e. The molecule has 0 fully saturated rings. The first-order valence-corrected chi connectivity index (χ1v) is 3.98. The van der Waals surface area contributed by atoms with E-state index in [4.69, 9.17) is 16.9 Å². The summed E-state index contributed by atoms with van der Waals surface area (Å²) < 4.78 is 25.7. The van der Waals surface area contributed by atoms with Crippen LogP contribution < -0.4 is 0 Å². The van der Waals surface area contributed by atoms with Crippen molar-refractivity contribution < 1.29 is 8.78 Å². The van der Waals surface area contributed by atoms with E-state index in [9.17, 15) is 8.78 Å². The molecule has 0 amide bonds. The van der Waals surface area contributed by atoms with Crippen molar-refractivity contribution in [3.05, 3.63) is 32.8 Å². The molecule has 12 heavy (non-hydrogen) atoms. The molecule has 0 aliphatic carbocycles. The minimum absolute atomic E-state index is 0.0227. The Morgan fingerprint density at radius 1 is 1.42 bits per heavy atom. The second-order valence-corrected chi connectivity index (χ2v) is 3.22. The first-order valence-electron chi connectivity index (χ1n) is 2.81. The van der Waals surface area contributed by atoms with E-state index in [1.165, 1.54) is 6.07 Å². The van der Waals surface area contributed by atoms with Crippen LogP contribution in [0.25, 0.3) is 0 Å². The first-order chi connectivity index (χ1) is 5.57. The Morgan fingerprint density at radius 3 is 2.50 bits per heavy atom. The summed E-state index contributed by atoms with van der Waals surface area (Å²) in [6.45, 7) is 0. The van der Waals surface area contributed by atoms with E-state index in [1.54, 1.807) is 0 Å². The van der Waals surface area contributed by atoms with Crippen LogP contribution in [0.5, 0.6) is 0 Å². The van der Waals surface area contributed by atoms with Crippen molar-refractivity contribution in [2.45, 2.75) is 0 Å². The molecule has 62 valence electrons. The fourth-order valence-corrected chi connectivity index (χ4v) is 1.43. The second kappa shape index (κ2) is 3.38. The smallest absolute Gasteiger partial charge is 0.162 e. The zero-order valence-corrected chi connectivity index (χ0v) is 7.88. The summed E-state index contributed by atoms with van der Waals surface area (Å²) in [6.07, 6.45) is 0. The lowest BCUT2D eigenvalue weighted by Crippen LogP contribution is -1.92. The fourth-order valence-electron chi connectivity index (χ4n) is 0.671. The number of benzene rings is 1. The van der Waals surface area contributed by atoms with Crippen LogP contribution in [0.1, 0.15) is 5.56 Å². The Balaban J connectivity index is 3.56. The molecule has 1 nitrogen and oxygen atoms in total. The molecule has 5 heteroatoms. The van der Waals surface area contributed by atoms with Gasteiger partial charge in [-0.2, -0.15) is 5.26 Å². The standard InChI is InChI=1S/C7HBrClF2N/c8-4-1-5(9)7(11)3(2-12)6(4)10/h1H. The number of nitrogens with zero attached hydrogens (tertiary/aromatic N) is 1. The second-order valence-electron chi connectivity index (χ2n) is 1.95. The lowest BCUT2D eigenvalue weighted by molar-refractivity contribution is 0.573. The SMILES string of the molecule is N#Cc1c(F)c(Cl)cc(Br)c1F. The minimum atomic E-state index is -1.03. The van der Waals surface area contributed by atoms with Crippen molar-refractivity contribution >= 4 is 27.5 Å². The zero-order chi connectivity index (χ0) is 9.30. The Labute approximate surface area is 80.7 Å². The van der Waals surface area contributed by atoms with E-state index < -0.39 is 17.2 Å². The van der Waals surface area contributed by atoms with Gasteiger partial charge in [0.05, 0.1) is 9.50 Å². The van der Waals surface area contributed by atoms with Crippen LogP contribution in [0, 0.1) is 23.0 Å². The summed E-state index contributed by atoms with van der Waals surface area (Å²) in [6, 6.07) is 2.44. The van der Waals surface area contributed by atoms with E-state index in [0.29, 0.717) is 0 Å². The molecule has 0 bridgehead atoms. The van der Waals surface area contributed by atoms with Crippen molar-refractivity contribution in [2.24, 2.45) is 0 Å². The van der Waals surface area contributed by atoms with Crippen molar-refractivity contribution in [1.29, 1.82) is 5.26 Å². The molecule has 0 saturated heterocycles. The van der Waals surface area contributed by atoms with Gasteiger partial charge in [0.1, 0.15) is 11.6 Å². The largest absolute Gasteiger partial charge is 0.204 e. The van der Waals surface area contributed by atoms with Gasteiger partial charge in [0.2, 0.25) is 0 Å². The van der Waals surface area contributed by atoms with Crippen molar-refractivity contribution in [2.75, 3.05) is 0 Å².